The lowest BCUT2D eigenvalue weighted by Gasteiger charge is -2.32. The normalized spacial score (nSPS) is 12.4. The summed E-state index contributed by atoms with van der Waals surface area (Å²) in [5.74, 6) is -0.791. The number of aryl methyl sites for hydroxylation is 2. The Kier molecular flexibility index (Phi) is 8.91. The zero-order chi connectivity index (χ0) is 24.9. The molecule has 33 heavy (non-hydrogen) atoms. The Hall–Kier alpha value is -2.58. The van der Waals surface area contributed by atoms with Gasteiger partial charge in [0.2, 0.25) is 21.8 Å². The van der Waals surface area contributed by atoms with Gasteiger partial charge in [-0.15, -0.1) is 0 Å². The quantitative estimate of drug-likeness (QED) is 0.577. The number of rotatable bonds is 9. The van der Waals surface area contributed by atoms with E-state index in [-0.39, 0.29) is 18.5 Å². The molecule has 0 bridgehead atoms. The molecule has 2 aromatic carbocycles. The van der Waals surface area contributed by atoms with Crippen LogP contribution in [0.15, 0.2) is 42.5 Å². The SMILES string of the molecule is Cc1ccc(CN(C(=O)CN(c2ccc(Cl)cc2C)S(C)(=O)=O)[C@@H](C)C(=O)NC(C)C)cc1. The maximum Gasteiger partial charge on any atom is 0.244 e. The molecule has 0 heterocycles. The van der Waals surface area contributed by atoms with Crippen LogP contribution in [-0.4, -0.2) is 50.0 Å². The summed E-state index contributed by atoms with van der Waals surface area (Å²) < 4.78 is 26.3. The molecule has 1 atom stereocenters. The number of nitrogens with zero attached hydrogens (tertiary/aromatic N) is 2. The van der Waals surface area contributed by atoms with Crippen molar-refractivity contribution in [3.05, 3.63) is 64.2 Å². The smallest absolute Gasteiger partial charge is 0.244 e. The van der Waals surface area contributed by atoms with E-state index in [1.54, 1.807) is 32.0 Å². The number of amides is 2. The molecule has 0 aromatic heterocycles. The second-order valence-electron chi connectivity index (χ2n) is 8.55. The number of benzene rings is 2. The minimum atomic E-state index is -3.78. The molecule has 0 aliphatic carbocycles. The highest BCUT2D eigenvalue weighted by atomic mass is 35.5. The fourth-order valence-corrected chi connectivity index (χ4v) is 4.51. The second-order valence-corrected chi connectivity index (χ2v) is 10.9. The number of carbonyl (C=O) groups is 2. The van der Waals surface area contributed by atoms with Gasteiger partial charge in [0, 0.05) is 17.6 Å². The molecule has 0 saturated heterocycles. The van der Waals surface area contributed by atoms with Crippen molar-refractivity contribution in [2.75, 3.05) is 17.1 Å². The summed E-state index contributed by atoms with van der Waals surface area (Å²) in [6, 6.07) is 11.5. The molecule has 2 amide bonds. The van der Waals surface area contributed by atoms with Crippen LogP contribution in [0.1, 0.15) is 37.5 Å². The van der Waals surface area contributed by atoms with Crippen LogP contribution in [0.3, 0.4) is 0 Å². The molecule has 0 spiro atoms. The Morgan fingerprint density at radius 2 is 1.64 bits per heavy atom. The van der Waals surface area contributed by atoms with E-state index in [1.807, 2.05) is 45.0 Å². The van der Waals surface area contributed by atoms with Gasteiger partial charge in [0.15, 0.2) is 0 Å². The number of hydrogen-bond donors (Lipinski definition) is 1. The fourth-order valence-electron chi connectivity index (χ4n) is 3.37. The summed E-state index contributed by atoms with van der Waals surface area (Å²) in [6.07, 6.45) is 1.05. The monoisotopic (exact) mass is 493 g/mol. The van der Waals surface area contributed by atoms with Crippen molar-refractivity contribution in [2.45, 2.75) is 53.2 Å². The van der Waals surface area contributed by atoms with Crippen LogP contribution in [0.4, 0.5) is 5.69 Å². The summed E-state index contributed by atoms with van der Waals surface area (Å²) in [7, 11) is -3.78. The number of sulfonamides is 1. The zero-order valence-electron chi connectivity index (χ0n) is 19.9. The van der Waals surface area contributed by atoms with Crippen molar-refractivity contribution in [1.29, 1.82) is 0 Å². The van der Waals surface area contributed by atoms with Gasteiger partial charge in [-0.2, -0.15) is 0 Å². The molecule has 1 N–H and O–H groups in total. The molecule has 2 rings (SSSR count). The lowest BCUT2D eigenvalue weighted by Crippen LogP contribution is -2.52. The zero-order valence-corrected chi connectivity index (χ0v) is 21.5. The molecular weight excluding hydrogens is 462 g/mol. The van der Waals surface area contributed by atoms with Gasteiger partial charge >= 0.3 is 0 Å². The minimum Gasteiger partial charge on any atom is -0.352 e. The molecular formula is C24H32ClN3O4S. The van der Waals surface area contributed by atoms with E-state index in [0.29, 0.717) is 16.3 Å². The van der Waals surface area contributed by atoms with Crippen LogP contribution >= 0.6 is 11.6 Å². The predicted octanol–water partition coefficient (Wildman–Crippen LogP) is 3.66. The van der Waals surface area contributed by atoms with Crippen LogP contribution in [-0.2, 0) is 26.2 Å². The van der Waals surface area contributed by atoms with Crippen LogP contribution in [0.2, 0.25) is 5.02 Å². The molecule has 0 aliphatic heterocycles. The first-order valence-electron chi connectivity index (χ1n) is 10.7. The van der Waals surface area contributed by atoms with Gasteiger partial charge in [0.1, 0.15) is 12.6 Å². The summed E-state index contributed by atoms with van der Waals surface area (Å²) in [6.45, 7) is 8.74. The first-order valence-corrected chi connectivity index (χ1v) is 12.9. The Balaban J connectivity index is 2.41. The standard InChI is InChI=1S/C24H32ClN3O4S/c1-16(2)26-24(30)19(5)27(14-20-9-7-17(3)8-10-20)23(29)15-28(33(6,31)32)22-12-11-21(25)13-18(22)4/h7-13,16,19H,14-15H2,1-6H3,(H,26,30)/t19-/m0/s1. The number of hydrogen-bond acceptors (Lipinski definition) is 4. The highest BCUT2D eigenvalue weighted by Crippen LogP contribution is 2.26. The minimum absolute atomic E-state index is 0.0967. The maximum absolute atomic E-state index is 13.5. The topological polar surface area (TPSA) is 86.8 Å². The van der Waals surface area contributed by atoms with Gasteiger partial charge in [0.25, 0.3) is 0 Å². The summed E-state index contributed by atoms with van der Waals surface area (Å²) in [5, 5.41) is 3.29. The first kappa shape index (κ1) is 26.7. The van der Waals surface area contributed by atoms with Crippen molar-refractivity contribution < 1.29 is 18.0 Å². The molecule has 0 aliphatic rings. The van der Waals surface area contributed by atoms with E-state index < -0.39 is 28.5 Å². The maximum atomic E-state index is 13.5. The largest absolute Gasteiger partial charge is 0.352 e. The summed E-state index contributed by atoms with van der Waals surface area (Å²) in [4.78, 5) is 27.6. The Bertz CT molecular complexity index is 1100. The van der Waals surface area contributed by atoms with Gasteiger partial charge in [-0.3, -0.25) is 13.9 Å². The number of anilines is 1. The molecule has 2 aromatic rings. The number of nitrogens with one attached hydrogen (secondary N) is 1. The molecule has 9 heteroatoms. The Morgan fingerprint density at radius 1 is 1.03 bits per heavy atom. The third-order valence-electron chi connectivity index (χ3n) is 5.18. The number of carbonyl (C=O) groups excluding carboxylic acids is 2. The lowest BCUT2D eigenvalue weighted by molar-refractivity contribution is -0.139. The molecule has 180 valence electrons. The molecule has 0 unspecified atom stereocenters. The highest BCUT2D eigenvalue weighted by Gasteiger charge is 2.30. The van der Waals surface area contributed by atoms with Crippen LogP contribution in [0.5, 0.6) is 0 Å². The second kappa shape index (κ2) is 11.0. The van der Waals surface area contributed by atoms with Crippen LogP contribution < -0.4 is 9.62 Å². The summed E-state index contributed by atoms with van der Waals surface area (Å²) in [5.41, 5.74) is 2.90. The average molecular weight is 494 g/mol. The Labute approximate surface area is 201 Å². The third-order valence-corrected chi connectivity index (χ3v) is 6.54. The first-order chi connectivity index (χ1) is 15.3. The van der Waals surface area contributed by atoms with E-state index in [0.717, 1.165) is 21.7 Å². The highest BCUT2D eigenvalue weighted by molar-refractivity contribution is 7.92. The van der Waals surface area contributed by atoms with Gasteiger partial charge < -0.3 is 10.2 Å². The molecule has 7 nitrogen and oxygen atoms in total. The molecule has 0 saturated carbocycles. The van der Waals surface area contributed by atoms with Gasteiger partial charge in [-0.1, -0.05) is 41.4 Å². The van der Waals surface area contributed by atoms with E-state index >= 15 is 0 Å². The number of halogens is 1. The van der Waals surface area contributed by atoms with E-state index in [4.69, 9.17) is 11.6 Å². The van der Waals surface area contributed by atoms with E-state index in [9.17, 15) is 18.0 Å². The van der Waals surface area contributed by atoms with E-state index in [1.165, 1.54) is 4.90 Å². The van der Waals surface area contributed by atoms with Gasteiger partial charge in [-0.25, -0.2) is 8.42 Å². The molecule has 0 radical (unpaired) electrons. The summed E-state index contributed by atoms with van der Waals surface area (Å²) >= 11 is 6.02. The van der Waals surface area contributed by atoms with Crippen molar-refractivity contribution >= 4 is 39.1 Å². The van der Waals surface area contributed by atoms with Crippen molar-refractivity contribution in [3.63, 3.8) is 0 Å². The predicted molar refractivity (Wildman–Crippen MR) is 133 cm³/mol. The van der Waals surface area contributed by atoms with Gasteiger partial charge in [0.05, 0.1) is 11.9 Å². The lowest BCUT2D eigenvalue weighted by atomic mass is 10.1. The van der Waals surface area contributed by atoms with Crippen molar-refractivity contribution in [3.8, 4) is 0 Å². The Morgan fingerprint density at radius 3 is 2.15 bits per heavy atom. The van der Waals surface area contributed by atoms with Crippen molar-refractivity contribution in [1.82, 2.24) is 10.2 Å². The van der Waals surface area contributed by atoms with Crippen molar-refractivity contribution in [2.24, 2.45) is 0 Å². The van der Waals surface area contributed by atoms with Crippen LogP contribution in [0, 0.1) is 13.8 Å². The van der Waals surface area contributed by atoms with Gasteiger partial charge in [-0.05, 0) is 63.9 Å². The average Bonchev–Trinajstić information content (AvgIpc) is 2.70. The van der Waals surface area contributed by atoms with E-state index in [2.05, 4.69) is 5.32 Å². The van der Waals surface area contributed by atoms with Crippen LogP contribution in [0.25, 0.3) is 0 Å². The third kappa shape index (κ3) is 7.47. The fraction of sp³-hybridized carbons (Fsp3) is 0.417. The molecule has 0 fully saturated rings.